The Bertz CT molecular complexity index is 1710. The lowest BCUT2D eigenvalue weighted by molar-refractivity contribution is -0.285. The highest BCUT2D eigenvalue weighted by atomic mass is 32.2. The van der Waals surface area contributed by atoms with E-state index in [-0.39, 0.29) is 23.2 Å². The minimum Gasteiger partial charge on any atom is -0.508 e. The van der Waals surface area contributed by atoms with E-state index in [1.807, 2.05) is 54.6 Å². The summed E-state index contributed by atoms with van der Waals surface area (Å²) in [6.45, 7) is 0. The van der Waals surface area contributed by atoms with Crippen LogP contribution >= 0.6 is 12.0 Å². The van der Waals surface area contributed by atoms with Crippen molar-refractivity contribution in [2.24, 2.45) is 5.92 Å². The van der Waals surface area contributed by atoms with E-state index in [2.05, 4.69) is 0 Å². The van der Waals surface area contributed by atoms with E-state index in [1.54, 1.807) is 23.1 Å². The van der Waals surface area contributed by atoms with Crippen molar-refractivity contribution in [1.82, 2.24) is 0 Å². The normalized spacial score (nSPS) is 25.9. The molecular weight excluding hydrogens is 653 g/mol. The number of amides is 1. The third-order valence-electron chi connectivity index (χ3n) is 9.08. The van der Waals surface area contributed by atoms with E-state index in [0.29, 0.717) is 35.4 Å². The van der Waals surface area contributed by atoms with Crippen molar-refractivity contribution >= 4 is 23.6 Å². The van der Waals surface area contributed by atoms with Crippen LogP contribution < -0.4 is 9.08 Å². The van der Waals surface area contributed by atoms with Crippen molar-refractivity contribution in [3.05, 3.63) is 114 Å². The molecule has 0 aliphatic carbocycles. The van der Waals surface area contributed by atoms with Crippen LogP contribution in [0.4, 0.5) is 10.1 Å². The van der Waals surface area contributed by atoms with Crippen molar-refractivity contribution in [2.45, 2.75) is 55.7 Å². The van der Waals surface area contributed by atoms with Crippen molar-refractivity contribution in [2.75, 3.05) is 17.8 Å². The van der Waals surface area contributed by atoms with E-state index in [0.717, 1.165) is 23.2 Å². The molecule has 2 saturated heterocycles. The van der Waals surface area contributed by atoms with Crippen molar-refractivity contribution in [3.8, 4) is 22.6 Å². The maximum absolute atomic E-state index is 13.5. The number of hydrogen-bond donors (Lipinski definition) is 5. The first kappa shape index (κ1) is 34.8. The van der Waals surface area contributed by atoms with Gasteiger partial charge >= 0.3 is 0 Å². The second kappa shape index (κ2) is 15.3. The van der Waals surface area contributed by atoms with Crippen LogP contribution in [0.1, 0.15) is 36.1 Å². The van der Waals surface area contributed by atoms with Gasteiger partial charge in [0.25, 0.3) is 0 Å². The van der Waals surface area contributed by atoms with Crippen LogP contribution in [0.5, 0.6) is 11.5 Å². The smallest absolute Gasteiger partial charge is 0.233 e. The minimum absolute atomic E-state index is 0.0311. The lowest BCUT2D eigenvalue weighted by Crippen LogP contribution is -2.58. The molecule has 2 heterocycles. The second-order valence-electron chi connectivity index (χ2n) is 12.2. The number of rotatable bonds is 12. The number of β-lactam (4-membered cyclic amide) rings is 1. The highest BCUT2D eigenvalue weighted by Crippen LogP contribution is 2.49. The van der Waals surface area contributed by atoms with Crippen LogP contribution in [0.15, 0.2) is 97.1 Å². The van der Waals surface area contributed by atoms with Crippen LogP contribution in [0.2, 0.25) is 0 Å². The van der Waals surface area contributed by atoms with Gasteiger partial charge in [-0.25, -0.2) is 4.39 Å². The lowest BCUT2D eigenvalue weighted by atomic mass is 9.77. The predicted octanol–water partition coefficient (Wildman–Crippen LogP) is 4.90. The molecule has 6 rings (SSSR count). The molecule has 4 aromatic rings. The summed E-state index contributed by atoms with van der Waals surface area (Å²) in [5.74, 6) is -0.243. The van der Waals surface area contributed by atoms with Crippen LogP contribution in [0.25, 0.3) is 11.1 Å². The topological polar surface area (TPSA) is 149 Å². The third-order valence-corrected chi connectivity index (χ3v) is 9.85. The van der Waals surface area contributed by atoms with Crippen LogP contribution in [-0.4, -0.2) is 75.0 Å². The molecule has 2 aliphatic heterocycles. The van der Waals surface area contributed by atoms with Crippen LogP contribution in [-0.2, 0) is 14.3 Å². The molecule has 8 atom stereocenters. The molecule has 49 heavy (non-hydrogen) atoms. The summed E-state index contributed by atoms with van der Waals surface area (Å²) >= 11 is 1.02. The van der Waals surface area contributed by atoms with Crippen LogP contribution in [0.3, 0.4) is 0 Å². The van der Waals surface area contributed by atoms with Gasteiger partial charge in [0.2, 0.25) is 5.91 Å². The maximum atomic E-state index is 13.5. The highest BCUT2D eigenvalue weighted by Gasteiger charge is 2.49. The first-order chi connectivity index (χ1) is 23.7. The number of aliphatic hydroxyl groups excluding tert-OH is 4. The lowest BCUT2D eigenvalue weighted by Gasteiger charge is -2.48. The highest BCUT2D eigenvalue weighted by molar-refractivity contribution is 7.95. The Balaban J connectivity index is 1.13. The molecule has 0 spiro atoms. The molecule has 2 aliphatic rings. The van der Waals surface area contributed by atoms with Gasteiger partial charge in [0.15, 0.2) is 6.29 Å². The van der Waals surface area contributed by atoms with Gasteiger partial charge in [-0.1, -0.05) is 54.6 Å². The molecule has 0 saturated carbocycles. The Hall–Kier alpha value is -4.01. The predicted molar refractivity (Wildman–Crippen MR) is 181 cm³/mol. The number of hydrogen-bond acceptors (Lipinski definition) is 10. The molecule has 8 unspecified atom stereocenters. The molecular formula is C37H38FNO9S. The fourth-order valence-electron chi connectivity index (χ4n) is 6.35. The fourth-order valence-corrected chi connectivity index (χ4v) is 7.07. The average Bonchev–Trinajstić information content (AvgIpc) is 3.11. The zero-order valence-electron chi connectivity index (χ0n) is 26.6. The van der Waals surface area contributed by atoms with Gasteiger partial charge in [-0.2, -0.15) is 0 Å². The number of aliphatic hydroxyl groups is 4. The second-order valence-corrected chi connectivity index (χ2v) is 12.9. The monoisotopic (exact) mass is 691 g/mol. The van der Waals surface area contributed by atoms with E-state index in [1.165, 1.54) is 31.4 Å². The first-order valence-corrected chi connectivity index (χ1v) is 16.8. The number of methoxy groups -OCH3 is 1. The number of carbonyl (C=O) groups excluding carboxylic acids is 1. The third kappa shape index (κ3) is 7.46. The number of ether oxygens (including phenoxy) is 2. The van der Waals surface area contributed by atoms with E-state index >= 15 is 0 Å². The molecule has 10 nitrogen and oxygen atoms in total. The summed E-state index contributed by atoms with van der Waals surface area (Å²) in [4.78, 5) is 15.1. The molecule has 258 valence electrons. The summed E-state index contributed by atoms with van der Waals surface area (Å²) in [7, 11) is 1.34. The number of aromatic hydroxyl groups is 1. The standard InChI is InChI=1S/C37H38FNO9S/c1-46-37-35(44)34(43)33(42)31(47-37)20-49-48-26-14-9-21(10-15-26)23-11-16-27(30(41)19-23)32-28(36(45)39(32)25-5-3-2-4-6-25)17-18-29(40)22-7-12-24(38)13-8-22/h2-16,19,28-29,31-35,37,40-44H,17-18,20H2,1H3. The Morgan fingerprint density at radius 2 is 1.59 bits per heavy atom. The summed E-state index contributed by atoms with van der Waals surface area (Å²) in [5.41, 5.74) is 3.43. The number of phenols is 1. The maximum Gasteiger partial charge on any atom is 0.233 e. The SMILES string of the molecule is COC1OC(CSOc2ccc(-c3ccc(C4C(CCC(O)c5ccc(F)cc5)C(=O)N4c4ccccc4)c(O)c3)cc2)C(O)C(O)C1O. The zero-order valence-corrected chi connectivity index (χ0v) is 27.4. The van der Waals surface area contributed by atoms with E-state index in [9.17, 15) is 34.7 Å². The Morgan fingerprint density at radius 1 is 0.898 bits per heavy atom. The number of benzene rings is 4. The largest absolute Gasteiger partial charge is 0.508 e. The molecule has 0 radical (unpaired) electrons. The van der Waals surface area contributed by atoms with Gasteiger partial charge in [-0.05, 0) is 72.0 Å². The van der Waals surface area contributed by atoms with E-state index in [4.69, 9.17) is 13.7 Å². The molecule has 0 bridgehead atoms. The number of anilines is 1. The molecule has 2 fully saturated rings. The van der Waals surface area contributed by atoms with E-state index < -0.39 is 48.8 Å². The molecule has 1 amide bonds. The number of halogens is 1. The number of nitrogens with zero attached hydrogens (tertiary/aromatic N) is 1. The van der Waals surface area contributed by atoms with Gasteiger partial charge in [0.05, 0.1) is 35.9 Å². The number of para-hydroxylation sites is 1. The zero-order chi connectivity index (χ0) is 34.7. The molecule has 5 N–H and O–H groups in total. The van der Waals surface area contributed by atoms with Crippen molar-refractivity contribution < 1.29 is 48.4 Å². The van der Waals surface area contributed by atoms with Gasteiger partial charge in [0.1, 0.15) is 41.7 Å². The van der Waals surface area contributed by atoms with Gasteiger partial charge < -0.3 is 44.1 Å². The summed E-state index contributed by atoms with van der Waals surface area (Å²) in [6.07, 6.45) is -6.18. The summed E-state index contributed by atoms with van der Waals surface area (Å²) < 4.78 is 29.7. The molecule has 0 aromatic heterocycles. The van der Waals surface area contributed by atoms with Gasteiger partial charge in [-0.3, -0.25) is 4.79 Å². The Kier molecular flexibility index (Phi) is 10.8. The molecule has 4 aromatic carbocycles. The summed E-state index contributed by atoms with van der Waals surface area (Å²) in [6, 6.07) is 27.0. The first-order valence-electron chi connectivity index (χ1n) is 15.9. The van der Waals surface area contributed by atoms with Gasteiger partial charge in [0, 0.05) is 18.4 Å². The fraction of sp³-hybridized carbons (Fsp3) is 0.324. The van der Waals surface area contributed by atoms with Crippen LogP contribution in [0, 0.1) is 11.7 Å². The van der Waals surface area contributed by atoms with Crippen molar-refractivity contribution in [3.63, 3.8) is 0 Å². The number of phenolic OH excluding ortho intramolecular Hbond substituents is 1. The van der Waals surface area contributed by atoms with Gasteiger partial charge in [-0.15, -0.1) is 0 Å². The molecule has 12 heteroatoms. The number of carbonyl (C=O) groups is 1. The average molecular weight is 692 g/mol. The van der Waals surface area contributed by atoms with Crippen molar-refractivity contribution in [1.29, 1.82) is 0 Å². The Labute approximate surface area is 287 Å². The minimum atomic E-state index is -1.41. The summed E-state index contributed by atoms with van der Waals surface area (Å²) in [5, 5.41) is 52.3. The quantitative estimate of drug-likeness (QED) is 0.103. The Morgan fingerprint density at radius 3 is 2.27 bits per heavy atom.